The Morgan fingerprint density at radius 3 is 2.81 bits per heavy atom. The first-order chi connectivity index (χ1) is 17.7. The van der Waals surface area contributed by atoms with E-state index >= 15 is 0 Å². The molecule has 2 fully saturated rings. The highest BCUT2D eigenvalue weighted by Crippen LogP contribution is 2.35. The number of carbonyl (C=O) groups excluding carboxylic acids is 1. The fourth-order valence-corrected chi connectivity index (χ4v) is 5.07. The number of benzene rings is 1. The van der Waals surface area contributed by atoms with Crippen molar-refractivity contribution in [3.8, 4) is 17.4 Å². The molecule has 10 heteroatoms. The highest BCUT2D eigenvalue weighted by atomic mass is 16.6. The number of hydrogen-bond donors (Lipinski definition) is 0. The highest BCUT2D eigenvalue weighted by Gasteiger charge is 2.34. The van der Waals surface area contributed by atoms with Crippen LogP contribution in [0.4, 0.5) is 16.2 Å². The van der Waals surface area contributed by atoms with Crippen molar-refractivity contribution in [1.82, 2.24) is 14.9 Å². The lowest BCUT2D eigenvalue weighted by atomic mass is 10.2. The molecule has 3 aliphatic rings. The van der Waals surface area contributed by atoms with Crippen LogP contribution in [-0.2, 0) is 4.74 Å². The minimum Gasteiger partial charge on any atom is -0.486 e. The monoisotopic (exact) mass is 491 g/mol. The number of methoxy groups -OCH3 is 1. The number of cyclic esters (lactones) is 1. The molecule has 3 aliphatic heterocycles. The summed E-state index contributed by atoms with van der Waals surface area (Å²) >= 11 is 0. The number of nitrogens with zero attached hydrogens (tertiary/aromatic N) is 5. The van der Waals surface area contributed by atoms with Crippen LogP contribution in [-0.4, -0.2) is 86.7 Å². The van der Waals surface area contributed by atoms with Crippen LogP contribution in [0.3, 0.4) is 0 Å². The van der Waals surface area contributed by atoms with Crippen LogP contribution in [0, 0.1) is 0 Å². The first-order valence-electron chi connectivity index (χ1n) is 12.3. The number of carbonyl (C=O) groups is 1. The van der Waals surface area contributed by atoms with E-state index in [2.05, 4.69) is 19.8 Å². The molecule has 2 aromatic heterocycles. The van der Waals surface area contributed by atoms with E-state index in [0.29, 0.717) is 43.7 Å². The minimum absolute atomic E-state index is 0.190. The Balaban J connectivity index is 1.10. The van der Waals surface area contributed by atoms with E-state index < -0.39 is 0 Å². The molecule has 0 bridgehead atoms. The molecule has 36 heavy (non-hydrogen) atoms. The summed E-state index contributed by atoms with van der Waals surface area (Å²) in [5.74, 6) is 1.95. The van der Waals surface area contributed by atoms with E-state index in [-0.39, 0.29) is 12.2 Å². The number of amides is 1. The van der Waals surface area contributed by atoms with Gasteiger partial charge in [0.2, 0.25) is 5.88 Å². The van der Waals surface area contributed by atoms with Gasteiger partial charge in [0.1, 0.15) is 24.8 Å². The number of hydrogen-bond acceptors (Lipinski definition) is 9. The Morgan fingerprint density at radius 2 is 1.92 bits per heavy atom. The number of aromatic nitrogens is 2. The zero-order chi connectivity index (χ0) is 24.5. The van der Waals surface area contributed by atoms with Gasteiger partial charge in [-0.25, -0.2) is 9.78 Å². The standard InChI is InChI=1S/C26H29N5O5/c1-33-24-6-4-20-25(28-24)21(7-8-27-20)30-10-2-9-29(11-12-30)16-19-17-31(26(32)36-19)18-3-5-22-23(15-18)35-14-13-34-22/h3-8,15,19H,2,9-14,16-17H2,1H3/t19-/m1/s1. The van der Waals surface area contributed by atoms with E-state index in [0.717, 1.165) is 55.0 Å². The summed E-state index contributed by atoms with van der Waals surface area (Å²) in [6.45, 7) is 5.83. The van der Waals surface area contributed by atoms with Gasteiger partial charge in [-0.15, -0.1) is 0 Å². The fraction of sp³-hybridized carbons (Fsp3) is 0.423. The van der Waals surface area contributed by atoms with Gasteiger partial charge in [0.25, 0.3) is 0 Å². The lowest BCUT2D eigenvalue weighted by Gasteiger charge is -2.25. The first-order valence-corrected chi connectivity index (χ1v) is 12.3. The molecule has 0 unspecified atom stereocenters. The summed E-state index contributed by atoms with van der Waals surface area (Å²) in [4.78, 5) is 28.2. The average Bonchev–Trinajstić information content (AvgIpc) is 3.12. The molecule has 0 N–H and O–H groups in total. The van der Waals surface area contributed by atoms with Crippen LogP contribution in [0.2, 0.25) is 0 Å². The molecule has 6 rings (SSSR count). The van der Waals surface area contributed by atoms with Gasteiger partial charge in [-0.3, -0.25) is 14.8 Å². The third-order valence-electron chi connectivity index (χ3n) is 6.85. The van der Waals surface area contributed by atoms with E-state index in [1.165, 1.54) is 0 Å². The summed E-state index contributed by atoms with van der Waals surface area (Å²) in [6, 6.07) is 11.4. The predicted octanol–water partition coefficient (Wildman–Crippen LogP) is 2.95. The van der Waals surface area contributed by atoms with Crippen molar-refractivity contribution in [2.24, 2.45) is 0 Å². The average molecular weight is 492 g/mol. The number of anilines is 2. The number of ether oxygens (including phenoxy) is 4. The Kier molecular flexibility index (Phi) is 6.10. The summed E-state index contributed by atoms with van der Waals surface area (Å²) in [7, 11) is 1.62. The van der Waals surface area contributed by atoms with Crippen molar-refractivity contribution in [3.05, 3.63) is 42.6 Å². The molecule has 188 valence electrons. The Bertz CT molecular complexity index is 1270. The van der Waals surface area contributed by atoms with Crippen LogP contribution in [0.15, 0.2) is 42.6 Å². The minimum atomic E-state index is -0.323. The van der Waals surface area contributed by atoms with Gasteiger partial charge in [-0.2, -0.15) is 0 Å². The topological polar surface area (TPSA) is 89.5 Å². The smallest absolute Gasteiger partial charge is 0.414 e. The second-order valence-electron chi connectivity index (χ2n) is 9.14. The largest absolute Gasteiger partial charge is 0.486 e. The quantitative estimate of drug-likeness (QED) is 0.534. The maximum atomic E-state index is 12.7. The van der Waals surface area contributed by atoms with Crippen LogP contribution in [0.25, 0.3) is 11.0 Å². The predicted molar refractivity (Wildman–Crippen MR) is 134 cm³/mol. The molecular formula is C26H29N5O5. The van der Waals surface area contributed by atoms with Crippen LogP contribution >= 0.6 is 0 Å². The lowest BCUT2D eigenvalue weighted by molar-refractivity contribution is 0.111. The van der Waals surface area contributed by atoms with E-state index in [1.54, 1.807) is 12.0 Å². The molecule has 10 nitrogen and oxygen atoms in total. The second kappa shape index (κ2) is 9.69. The molecule has 1 aromatic carbocycles. The SMILES string of the molecule is COc1ccc2nccc(N3CCCN(C[C@@H]4CN(c5ccc6c(c5)OCCO6)C(=O)O4)CC3)c2n1. The molecule has 0 aliphatic carbocycles. The van der Waals surface area contributed by atoms with Crippen molar-refractivity contribution in [2.45, 2.75) is 12.5 Å². The maximum Gasteiger partial charge on any atom is 0.414 e. The van der Waals surface area contributed by atoms with Gasteiger partial charge in [-0.1, -0.05) is 0 Å². The van der Waals surface area contributed by atoms with Gasteiger partial charge < -0.3 is 23.8 Å². The summed E-state index contributed by atoms with van der Waals surface area (Å²) in [5, 5.41) is 0. The molecule has 2 saturated heterocycles. The van der Waals surface area contributed by atoms with E-state index in [9.17, 15) is 4.79 Å². The number of fused-ring (bicyclic) bond motifs is 2. The molecule has 5 heterocycles. The molecular weight excluding hydrogens is 462 g/mol. The number of rotatable bonds is 5. The first kappa shape index (κ1) is 22.7. The van der Waals surface area contributed by atoms with Gasteiger partial charge in [0.15, 0.2) is 11.5 Å². The van der Waals surface area contributed by atoms with E-state index in [4.69, 9.17) is 18.9 Å². The van der Waals surface area contributed by atoms with Gasteiger partial charge in [0, 0.05) is 51.1 Å². The van der Waals surface area contributed by atoms with E-state index in [1.807, 2.05) is 42.6 Å². The van der Waals surface area contributed by atoms with Crippen LogP contribution < -0.4 is 24.0 Å². The summed E-state index contributed by atoms with van der Waals surface area (Å²) < 4.78 is 22.3. The van der Waals surface area contributed by atoms with Crippen molar-refractivity contribution >= 4 is 28.5 Å². The molecule has 1 atom stereocenters. The Morgan fingerprint density at radius 1 is 1.03 bits per heavy atom. The van der Waals surface area contributed by atoms with Crippen LogP contribution in [0.5, 0.6) is 17.4 Å². The third-order valence-corrected chi connectivity index (χ3v) is 6.85. The highest BCUT2D eigenvalue weighted by molar-refractivity contribution is 5.90. The molecule has 0 spiro atoms. The summed E-state index contributed by atoms with van der Waals surface area (Å²) in [5.41, 5.74) is 3.54. The molecule has 1 amide bonds. The van der Waals surface area contributed by atoms with Crippen LogP contribution in [0.1, 0.15) is 6.42 Å². The molecule has 0 saturated carbocycles. The van der Waals surface area contributed by atoms with Gasteiger partial charge in [-0.05, 0) is 30.7 Å². The molecule has 0 radical (unpaired) electrons. The Hall–Kier alpha value is -3.79. The summed E-state index contributed by atoms with van der Waals surface area (Å²) in [6.07, 6.45) is 2.32. The Labute approximate surface area is 209 Å². The second-order valence-corrected chi connectivity index (χ2v) is 9.14. The maximum absolute atomic E-state index is 12.7. The van der Waals surface area contributed by atoms with Crippen molar-refractivity contribution in [1.29, 1.82) is 0 Å². The zero-order valence-electron chi connectivity index (χ0n) is 20.3. The van der Waals surface area contributed by atoms with Crippen molar-refractivity contribution in [3.63, 3.8) is 0 Å². The van der Waals surface area contributed by atoms with Crippen molar-refractivity contribution < 1.29 is 23.7 Å². The zero-order valence-corrected chi connectivity index (χ0v) is 20.3. The fourth-order valence-electron chi connectivity index (χ4n) is 5.07. The normalized spacial score (nSPS) is 20.4. The van der Waals surface area contributed by atoms with Gasteiger partial charge >= 0.3 is 6.09 Å². The number of pyridine rings is 2. The molecule has 3 aromatic rings. The van der Waals surface area contributed by atoms with Gasteiger partial charge in [0.05, 0.1) is 30.5 Å². The van der Waals surface area contributed by atoms with Crippen molar-refractivity contribution in [2.75, 3.05) is 69.4 Å². The lowest BCUT2D eigenvalue weighted by Crippen LogP contribution is -2.37. The third kappa shape index (κ3) is 4.44.